The average Bonchev–Trinajstić information content (AvgIpc) is 3.30. The van der Waals surface area contributed by atoms with Crippen LogP contribution in [0.25, 0.3) is 11.3 Å². The number of imidazole rings is 1. The number of H-pyrrole nitrogens is 1. The van der Waals surface area contributed by atoms with Gasteiger partial charge in [-0.3, -0.25) is 4.79 Å². The highest BCUT2D eigenvalue weighted by atomic mass is 16.3. The molecule has 1 fully saturated rings. The van der Waals surface area contributed by atoms with Crippen LogP contribution in [0.5, 0.6) is 5.75 Å². The van der Waals surface area contributed by atoms with E-state index in [0.29, 0.717) is 24.7 Å². The Kier molecular flexibility index (Phi) is 6.67. The van der Waals surface area contributed by atoms with Crippen molar-refractivity contribution >= 4 is 5.91 Å². The Labute approximate surface area is 182 Å². The largest absolute Gasteiger partial charge is 0.508 e. The van der Waals surface area contributed by atoms with Gasteiger partial charge >= 0.3 is 0 Å². The van der Waals surface area contributed by atoms with Crippen LogP contribution in [0.3, 0.4) is 0 Å². The summed E-state index contributed by atoms with van der Waals surface area (Å²) in [5.41, 5.74) is 8.59. The maximum Gasteiger partial charge on any atom is 0.223 e. The molecule has 0 saturated heterocycles. The summed E-state index contributed by atoms with van der Waals surface area (Å²) in [5.74, 6) is 1.58. The Bertz CT molecular complexity index is 994. The molecular weight excluding hydrogens is 388 g/mol. The van der Waals surface area contributed by atoms with Crippen LogP contribution < -0.4 is 11.1 Å². The van der Waals surface area contributed by atoms with Gasteiger partial charge < -0.3 is 21.1 Å². The summed E-state index contributed by atoms with van der Waals surface area (Å²) in [4.78, 5) is 21.0. The zero-order valence-electron chi connectivity index (χ0n) is 17.6. The third-order valence-electron chi connectivity index (χ3n) is 6.23. The number of carbonyl (C=O) groups is 1. The molecule has 6 heteroatoms. The van der Waals surface area contributed by atoms with Gasteiger partial charge in [0.2, 0.25) is 5.91 Å². The van der Waals surface area contributed by atoms with Crippen molar-refractivity contribution in [3.8, 4) is 17.0 Å². The lowest BCUT2D eigenvalue weighted by Gasteiger charge is -2.28. The van der Waals surface area contributed by atoms with E-state index in [1.165, 1.54) is 0 Å². The van der Waals surface area contributed by atoms with Gasteiger partial charge in [0.05, 0.1) is 17.9 Å². The van der Waals surface area contributed by atoms with E-state index >= 15 is 0 Å². The molecule has 1 aliphatic rings. The summed E-state index contributed by atoms with van der Waals surface area (Å²) in [5, 5.41) is 13.0. The number of hydrogen-bond donors (Lipinski definition) is 4. The van der Waals surface area contributed by atoms with Crippen LogP contribution in [0.15, 0.2) is 60.8 Å². The van der Waals surface area contributed by atoms with Crippen molar-refractivity contribution in [2.75, 3.05) is 6.54 Å². The monoisotopic (exact) mass is 418 g/mol. The van der Waals surface area contributed by atoms with Crippen molar-refractivity contribution in [2.24, 2.45) is 17.6 Å². The highest BCUT2D eigenvalue weighted by Crippen LogP contribution is 2.29. The maximum atomic E-state index is 13.1. The summed E-state index contributed by atoms with van der Waals surface area (Å²) >= 11 is 0. The van der Waals surface area contributed by atoms with Crippen molar-refractivity contribution in [3.63, 3.8) is 0 Å². The molecule has 31 heavy (non-hydrogen) atoms. The fourth-order valence-electron chi connectivity index (χ4n) is 4.35. The Morgan fingerprint density at radius 1 is 1.13 bits per heavy atom. The van der Waals surface area contributed by atoms with Crippen LogP contribution in [-0.4, -0.2) is 27.5 Å². The first-order valence-corrected chi connectivity index (χ1v) is 11.0. The first-order valence-electron chi connectivity index (χ1n) is 11.0. The second-order valence-electron chi connectivity index (χ2n) is 8.44. The van der Waals surface area contributed by atoms with Gasteiger partial charge in [-0.05, 0) is 62.3 Å². The first-order chi connectivity index (χ1) is 15.1. The zero-order chi connectivity index (χ0) is 21.6. The topological polar surface area (TPSA) is 104 Å². The van der Waals surface area contributed by atoms with Crippen molar-refractivity contribution in [1.29, 1.82) is 0 Å². The van der Waals surface area contributed by atoms with Gasteiger partial charge in [0.1, 0.15) is 11.6 Å². The van der Waals surface area contributed by atoms with E-state index in [9.17, 15) is 9.90 Å². The molecule has 1 amide bonds. The fraction of sp³-hybridized carbons (Fsp3) is 0.360. The van der Waals surface area contributed by atoms with E-state index in [-0.39, 0.29) is 23.6 Å². The number of aromatic hydroxyl groups is 1. The second-order valence-corrected chi connectivity index (χ2v) is 8.44. The van der Waals surface area contributed by atoms with E-state index in [1.54, 1.807) is 24.4 Å². The van der Waals surface area contributed by atoms with E-state index in [2.05, 4.69) is 27.4 Å². The van der Waals surface area contributed by atoms with Gasteiger partial charge in [-0.2, -0.15) is 0 Å². The lowest BCUT2D eigenvalue weighted by molar-refractivity contribution is -0.127. The van der Waals surface area contributed by atoms with Crippen LogP contribution in [0.1, 0.15) is 43.1 Å². The Morgan fingerprint density at radius 3 is 2.61 bits per heavy atom. The summed E-state index contributed by atoms with van der Waals surface area (Å²) in [7, 11) is 0. The molecule has 0 aliphatic heterocycles. The predicted octanol–water partition coefficient (Wildman–Crippen LogP) is 3.95. The fourth-order valence-corrected chi connectivity index (χ4v) is 4.35. The number of nitrogens with two attached hydrogens (primary N) is 1. The molecule has 0 spiro atoms. The number of carbonyl (C=O) groups excluding carboxylic acids is 1. The molecule has 0 radical (unpaired) electrons. The highest BCUT2D eigenvalue weighted by Gasteiger charge is 2.28. The van der Waals surface area contributed by atoms with Gasteiger partial charge in [-0.25, -0.2) is 4.98 Å². The third-order valence-corrected chi connectivity index (χ3v) is 6.23. The van der Waals surface area contributed by atoms with Crippen LogP contribution in [0.4, 0.5) is 0 Å². The second kappa shape index (κ2) is 9.79. The number of nitrogens with zero attached hydrogens (tertiary/aromatic N) is 1. The molecule has 1 unspecified atom stereocenters. The third kappa shape index (κ3) is 5.33. The van der Waals surface area contributed by atoms with Crippen LogP contribution in [0.2, 0.25) is 0 Å². The quantitative estimate of drug-likeness (QED) is 0.466. The number of phenolic OH excluding ortho intramolecular Hbond substituents is 1. The standard InChI is InChI=1S/C25H30N4O2/c26-15-18-9-11-19(12-10-18)25(31)29-22(13-17-5-2-1-3-6-17)24-27-16-23(28-24)20-7-4-8-21(30)14-20/h1-8,14,16,18-19,22,30H,9-13,15,26H2,(H,27,28)(H,29,31). The molecule has 2 aromatic carbocycles. The number of nitrogens with one attached hydrogen (secondary N) is 2. The number of rotatable bonds is 7. The minimum absolute atomic E-state index is 0.0292. The lowest BCUT2D eigenvalue weighted by Crippen LogP contribution is -2.37. The molecular formula is C25H30N4O2. The van der Waals surface area contributed by atoms with Crippen LogP contribution in [0, 0.1) is 11.8 Å². The van der Waals surface area contributed by atoms with Gasteiger partial charge in [0.15, 0.2) is 0 Å². The van der Waals surface area contributed by atoms with E-state index in [4.69, 9.17) is 5.73 Å². The predicted molar refractivity (Wildman–Crippen MR) is 121 cm³/mol. The molecule has 6 nitrogen and oxygen atoms in total. The Hall–Kier alpha value is -3.12. The zero-order valence-corrected chi connectivity index (χ0v) is 17.6. The number of aromatic amines is 1. The number of phenols is 1. The summed E-state index contributed by atoms with van der Waals surface area (Å²) in [6.07, 6.45) is 6.20. The van der Waals surface area contributed by atoms with Gasteiger partial charge in [-0.15, -0.1) is 0 Å². The van der Waals surface area contributed by atoms with E-state index < -0.39 is 0 Å². The smallest absolute Gasteiger partial charge is 0.223 e. The Morgan fingerprint density at radius 2 is 1.90 bits per heavy atom. The molecule has 0 bridgehead atoms. The maximum absolute atomic E-state index is 13.1. The van der Waals surface area contributed by atoms with Crippen molar-refractivity contribution < 1.29 is 9.90 Å². The van der Waals surface area contributed by atoms with Crippen molar-refractivity contribution in [3.05, 3.63) is 72.2 Å². The SMILES string of the molecule is NCC1CCC(C(=O)NC(Cc2ccccc2)c2ncc(-c3cccc(O)c3)[nH]2)CC1. The minimum atomic E-state index is -0.256. The van der Waals surface area contributed by atoms with Gasteiger partial charge in [-0.1, -0.05) is 42.5 Å². The number of benzene rings is 2. The number of amides is 1. The summed E-state index contributed by atoms with van der Waals surface area (Å²) in [6, 6.07) is 16.9. The average molecular weight is 419 g/mol. The summed E-state index contributed by atoms with van der Waals surface area (Å²) < 4.78 is 0. The molecule has 1 saturated carbocycles. The van der Waals surface area contributed by atoms with E-state index in [1.807, 2.05) is 24.3 Å². The van der Waals surface area contributed by atoms with Gasteiger partial charge in [0.25, 0.3) is 0 Å². The molecule has 1 aromatic heterocycles. The van der Waals surface area contributed by atoms with Crippen molar-refractivity contribution in [1.82, 2.24) is 15.3 Å². The van der Waals surface area contributed by atoms with Crippen LogP contribution in [-0.2, 0) is 11.2 Å². The van der Waals surface area contributed by atoms with Gasteiger partial charge in [0, 0.05) is 11.5 Å². The normalized spacial score (nSPS) is 19.6. The molecule has 1 atom stereocenters. The van der Waals surface area contributed by atoms with Crippen molar-refractivity contribution in [2.45, 2.75) is 38.1 Å². The summed E-state index contributed by atoms with van der Waals surface area (Å²) in [6.45, 7) is 0.704. The highest BCUT2D eigenvalue weighted by molar-refractivity contribution is 5.79. The molecule has 1 heterocycles. The van der Waals surface area contributed by atoms with E-state index in [0.717, 1.165) is 42.5 Å². The molecule has 4 rings (SSSR count). The molecule has 1 aliphatic carbocycles. The number of aromatic nitrogens is 2. The first kappa shape index (κ1) is 21.1. The number of hydrogen-bond acceptors (Lipinski definition) is 4. The Balaban J connectivity index is 1.53. The molecule has 3 aromatic rings. The minimum Gasteiger partial charge on any atom is -0.508 e. The molecule has 5 N–H and O–H groups in total. The van der Waals surface area contributed by atoms with Crippen LogP contribution >= 0.6 is 0 Å². The molecule has 162 valence electrons. The lowest BCUT2D eigenvalue weighted by atomic mass is 9.81.